The van der Waals surface area contributed by atoms with Crippen molar-refractivity contribution < 1.29 is 18.7 Å². The van der Waals surface area contributed by atoms with E-state index in [1.54, 1.807) is 30.0 Å². The quantitative estimate of drug-likeness (QED) is 0.570. The van der Waals surface area contributed by atoms with Crippen LogP contribution < -0.4 is 0 Å². The van der Waals surface area contributed by atoms with Gasteiger partial charge in [-0.1, -0.05) is 12.1 Å². The van der Waals surface area contributed by atoms with Crippen LogP contribution in [-0.4, -0.2) is 36.5 Å². The molecule has 2 heterocycles. The van der Waals surface area contributed by atoms with Crippen LogP contribution in [0.2, 0.25) is 0 Å². The Bertz CT molecular complexity index is 806. The minimum atomic E-state index is -0.309. The average molecular weight is 387 g/mol. The number of benzene rings is 1. The van der Waals surface area contributed by atoms with E-state index in [1.165, 1.54) is 23.5 Å². The van der Waals surface area contributed by atoms with Gasteiger partial charge in [0.05, 0.1) is 12.5 Å². The predicted octanol–water partition coefficient (Wildman–Crippen LogP) is 4.23. The summed E-state index contributed by atoms with van der Waals surface area (Å²) in [4.78, 5) is 26.8. The molecule has 6 heteroatoms. The Morgan fingerprint density at radius 1 is 1.22 bits per heavy atom. The van der Waals surface area contributed by atoms with Crippen LogP contribution in [0, 0.1) is 11.7 Å². The third-order valence-corrected chi connectivity index (χ3v) is 5.33. The molecule has 0 unspecified atom stereocenters. The number of hydrogen-bond acceptors (Lipinski definition) is 4. The smallest absolute Gasteiger partial charge is 0.309 e. The summed E-state index contributed by atoms with van der Waals surface area (Å²) in [6.45, 7) is 3.21. The van der Waals surface area contributed by atoms with E-state index in [4.69, 9.17) is 4.74 Å². The van der Waals surface area contributed by atoms with E-state index in [2.05, 4.69) is 0 Å². The zero-order valence-corrected chi connectivity index (χ0v) is 16.0. The number of carbonyl (C=O) groups excluding carboxylic acids is 2. The number of hydrogen-bond donors (Lipinski definition) is 0. The van der Waals surface area contributed by atoms with E-state index in [-0.39, 0.29) is 23.6 Å². The molecule has 1 aliphatic rings. The Morgan fingerprint density at radius 3 is 2.52 bits per heavy atom. The van der Waals surface area contributed by atoms with Crippen LogP contribution in [0.25, 0.3) is 11.6 Å². The number of likely N-dealkylation sites (tertiary alicyclic amines) is 1. The summed E-state index contributed by atoms with van der Waals surface area (Å²) in [6.07, 6.45) is 3.01. The number of piperidine rings is 1. The highest BCUT2D eigenvalue weighted by molar-refractivity contribution is 7.08. The van der Waals surface area contributed by atoms with Gasteiger partial charge < -0.3 is 9.64 Å². The third kappa shape index (κ3) is 4.83. The summed E-state index contributed by atoms with van der Waals surface area (Å²) in [5.74, 6) is -0.694. The number of thiophene rings is 1. The molecule has 27 heavy (non-hydrogen) atoms. The van der Waals surface area contributed by atoms with Crippen LogP contribution in [-0.2, 0) is 14.3 Å². The van der Waals surface area contributed by atoms with E-state index in [9.17, 15) is 14.0 Å². The van der Waals surface area contributed by atoms with Gasteiger partial charge >= 0.3 is 5.97 Å². The highest BCUT2D eigenvalue weighted by Crippen LogP contribution is 2.26. The van der Waals surface area contributed by atoms with Crippen LogP contribution >= 0.6 is 11.3 Å². The Kier molecular flexibility index (Phi) is 6.40. The van der Waals surface area contributed by atoms with Crippen molar-refractivity contribution in [1.82, 2.24) is 4.90 Å². The average Bonchev–Trinajstić information content (AvgIpc) is 3.22. The molecule has 0 N–H and O–H groups in total. The Hall–Kier alpha value is -2.47. The maximum absolute atomic E-state index is 13.2. The lowest BCUT2D eigenvalue weighted by atomic mass is 9.95. The predicted molar refractivity (Wildman–Crippen MR) is 105 cm³/mol. The van der Waals surface area contributed by atoms with Gasteiger partial charge in [-0.2, -0.15) is 11.3 Å². The molecule has 2 aromatic rings. The topological polar surface area (TPSA) is 46.6 Å². The van der Waals surface area contributed by atoms with Crippen molar-refractivity contribution in [3.8, 4) is 0 Å². The van der Waals surface area contributed by atoms with Gasteiger partial charge in [0, 0.05) is 18.7 Å². The van der Waals surface area contributed by atoms with Gasteiger partial charge in [0.15, 0.2) is 0 Å². The lowest BCUT2D eigenvalue weighted by Gasteiger charge is -2.31. The van der Waals surface area contributed by atoms with Gasteiger partial charge in [0.1, 0.15) is 5.82 Å². The molecule has 1 aromatic heterocycles. The van der Waals surface area contributed by atoms with E-state index in [0.29, 0.717) is 38.1 Å². The molecule has 3 rings (SSSR count). The highest BCUT2D eigenvalue weighted by Gasteiger charge is 2.29. The molecule has 0 aliphatic carbocycles. The molecule has 1 saturated heterocycles. The van der Waals surface area contributed by atoms with Gasteiger partial charge in [-0.05, 0) is 65.9 Å². The zero-order chi connectivity index (χ0) is 19.2. The summed E-state index contributed by atoms with van der Waals surface area (Å²) in [6, 6.07) is 7.98. The number of rotatable bonds is 5. The summed E-state index contributed by atoms with van der Waals surface area (Å²) in [7, 11) is 0. The minimum Gasteiger partial charge on any atom is -0.466 e. The molecule has 4 nitrogen and oxygen atoms in total. The van der Waals surface area contributed by atoms with E-state index in [1.807, 2.05) is 16.8 Å². The second-order valence-corrected chi connectivity index (χ2v) is 7.22. The maximum atomic E-state index is 13.2. The van der Waals surface area contributed by atoms with Crippen molar-refractivity contribution in [1.29, 1.82) is 0 Å². The summed E-state index contributed by atoms with van der Waals surface area (Å²) < 4.78 is 18.3. The molecule has 142 valence electrons. The van der Waals surface area contributed by atoms with Crippen LogP contribution in [0.1, 0.15) is 30.9 Å². The SMILES string of the molecule is CCOC(=O)C1CCN(C(=O)C(=Cc2ccc(F)cc2)c2ccsc2)CC1. The second-order valence-electron chi connectivity index (χ2n) is 6.44. The fourth-order valence-electron chi connectivity index (χ4n) is 3.16. The number of nitrogens with zero attached hydrogens (tertiary/aromatic N) is 1. The Morgan fingerprint density at radius 2 is 1.93 bits per heavy atom. The molecule has 0 bridgehead atoms. The van der Waals surface area contributed by atoms with Crippen LogP contribution in [0.3, 0.4) is 0 Å². The first kappa shape index (κ1) is 19.3. The first-order chi connectivity index (χ1) is 13.1. The molecule has 0 radical (unpaired) electrons. The van der Waals surface area contributed by atoms with Crippen molar-refractivity contribution in [3.05, 3.63) is 58.0 Å². The van der Waals surface area contributed by atoms with Gasteiger partial charge in [-0.15, -0.1) is 0 Å². The molecule has 1 aromatic carbocycles. The van der Waals surface area contributed by atoms with Crippen LogP contribution in [0.4, 0.5) is 4.39 Å². The molecular weight excluding hydrogens is 365 g/mol. The van der Waals surface area contributed by atoms with Crippen molar-refractivity contribution in [2.24, 2.45) is 5.92 Å². The van der Waals surface area contributed by atoms with Gasteiger partial charge in [-0.25, -0.2) is 4.39 Å². The number of esters is 1. The number of ether oxygens (including phenoxy) is 1. The molecule has 0 atom stereocenters. The molecule has 1 amide bonds. The number of halogens is 1. The normalized spacial score (nSPS) is 15.6. The van der Waals surface area contributed by atoms with Crippen molar-refractivity contribution in [2.75, 3.05) is 19.7 Å². The maximum Gasteiger partial charge on any atom is 0.309 e. The minimum absolute atomic E-state index is 0.0694. The summed E-state index contributed by atoms with van der Waals surface area (Å²) in [5, 5.41) is 3.85. The van der Waals surface area contributed by atoms with E-state index in [0.717, 1.165) is 11.1 Å². The fourth-order valence-corrected chi connectivity index (χ4v) is 3.82. The van der Waals surface area contributed by atoms with Crippen LogP contribution in [0.15, 0.2) is 41.1 Å². The standard InChI is InChI=1S/C21H22FNO3S/c1-2-26-21(25)16-7-10-23(11-8-16)20(24)19(17-9-12-27-14-17)13-15-3-5-18(22)6-4-15/h3-6,9,12-14,16H,2,7-8,10-11H2,1H3. The zero-order valence-electron chi connectivity index (χ0n) is 15.2. The first-order valence-electron chi connectivity index (χ1n) is 9.04. The molecule has 1 fully saturated rings. The van der Waals surface area contributed by atoms with Gasteiger partial charge in [0.2, 0.25) is 0 Å². The van der Waals surface area contributed by atoms with E-state index >= 15 is 0 Å². The van der Waals surface area contributed by atoms with Gasteiger partial charge in [-0.3, -0.25) is 9.59 Å². The Balaban J connectivity index is 1.77. The van der Waals surface area contributed by atoms with Gasteiger partial charge in [0.25, 0.3) is 5.91 Å². The monoisotopic (exact) mass is 387 g/mol. The molecular formula is C21H22FNO3S. The highest BCUT2D eigenvalue weighted by atomic mass is 32.1. The first-order valence-corrected chi connectivity index (χ1v) is 9.98. The van der Waals surface area contributed by atoms with Crippen LogP contribution in [0.5, 0.6) is 0 Å². The third-order valence-electron chi connectivity index (χ3n) is 4.65. The molecule has 0 saturated carbocycles. The molecule has 0 spiro atoms. The summed E-state index contributed by atoms with van der Waals surface area (Å²) in [5.41, 5.74) is 2.20. The Labute approximate surface area is 162 Å². The lowest BCUT2D eigenvalue weighted by Crippen LogP contribution is -2.41. The van der Waals surface area contributed by atoms with Crippen molar-refractivity contribution in [3.63, 3.8) is 0 Å². The number of carbonyl (C=O) groups is 2. The van der Waals surface area contributed by atoms with E-state index < -0.39 is 0 Å². The van der Waals surface area contributed by atoms with Crippen molar-refractivity contribution >= 4 is 34.9 Å². The molecule has 1 aliphatic heterocycles. The largest absolute Gasteiger partial charge is 0.466 e. The summed E-state index contributed by atoms with van der Waals surface area (Å²) >= 11 is 1.52. The second kappa shape index (κ2) is 8.95. The fraction of sp³-hybridized carbons (Fsp3) is 0.333. The van der Waals surface area contributed by atoms with Crippen molar-refractivity contribution in [2.45, 2.75) is 19.8 Å². The lowest BCUT2D eigenvalue weighted by molar-refractivity contribution is -0.150. The number of amides is 1.